The number of benzene rings is 9. The van der Waals surface area contributed by atoms with Crippen LogP contribution in [0, 0.1) is 0 Å². The van der Waals surface area contributed by atoms with Crippen LogP contribution >= 0.6 is 0 Å². The second-order valence-corrected chi connectivity index (χ2v) is 13.2. The van der Waals surface area contributed by atoms with E-state index in [-0.39, 0.29) is 5.41 Å². The molecule has 0 spiro atoms. The molecule has 9 aromatic carbocycles. The third-order valence-corrected chi connectivity index (χ3v) is 10.6. The van der Waals surface area contributed by atoms with Gasteiger partial charge in [-0.15, -0.1) is 0 Å². The van der Waals surface area contributed by atoms with Crippen molar-refractivity contribution in [3.8, 4) is 33.4 Å². The minimum Gasteiger partial charge on any atom is -0.0622 e. The summed E-state index contributed by atoms with van der Waals surface area (Å²) in [4.78, 5) is 0. The summed E-state index contributed by atoms with van der Waals surface area (Å²) in [6.07, 6.45) is 0. The van der Waals surface area contributed by atoms with Gasteiger partial charge in [0.2, 0.25) is 0 Å². The summed E-state index contributed by atoms with van der Waals surface area (Å²) in [5, 5.41) is 13.2. The summed E-state index contributed by atoms with van der Waals surface area (Å²) in [6, 6.07) is 54.7. The molecule has 1 aliphatic carbocycles. The normalized spacial score (nSPS) is 13.7. The topological polar surface area (TPSA) is 0 Å². The van der Waals surface area contributed by atoms with Crippen LogP contribution in [0.2, 0.25) is 0 Å². The number of rotatable bonds is 2. The Morgan fingerprint density at radius 1 is 0.356 bits per heavy atom. The zero-order chi connectivity index (χ0) is 29.9. The summed E-state index contributed by atoms with van der Waals surface area (Å²) in [5.74, 6) is 0. The first-order valence-corrected chi connectivity index (χ1v) is 15.9. The van der Waals surface area contributed by atoms with E-state index < -0.39 is 0 Å². The van der Waals surface area contributed by atoms with Crippen LogP contribution in [0.15, 0.2) is 146 Å². The standard InChI is InChI=1S/C45H30/c1-45(2)39-18-9-8-15-31(39)36-25-37-38(26-40(36)45)42(27-11-4-3-5-12-27)32-16-6-7-17-33(32)44(37)35-24-22-30-20-19-28-13-10-14-29-21-23-34(35)43(30)41(28)29/h3-26H,1-2H3. The molecule has 0 amide bonds. The summed E-state index contributed by atoms with van der Waals surface area (Å²) >= 11 is 0. The third-order valence-electron chi connectivity index (χ3n) is 10.6. The van der Waals surface area contributed by atoms with Crippen molar-refractivity contribution >= 4 is 53.9 Å². The molecule has 0 heteroatoms. The molecule has 0 unspecified atom stereocenters. The van der Waals surface area contributed by atoms with Gasteiger partial charge in [-0.3, -0.25) is 0 Å². The fraction of sp³-hybridized carbons (Fsp3) is 0.0667. The van der Waals surface area contributed by atoms with Crippen molar-refractivity contribution in [2.45, 2.75) is 19.3 Å². The summed E-state index contributed by atoms with van der Waals surface area (Å²) in [7, 11) is 0. The van der Waals surface area contributed by atoms with Crippen molar-refractivity contribution in [2.75, 3.05) is 0 Å². The average Bonchev–Trinajstić information content (AvgIpc) is 3.31. The fourth-order valence-corrected chi connectivity index (χ4v) is 8.53. The average molecular weight is 571 g/mol. The molecule has 0 aliphatic heterocycles. The summed E-state index contributed by atoms with van der Waals surface area (Å²) < 4.78 is 0. The molecule has 0 fully saturated rings. The Morgan fingerprint density at radius 2 is 0.978 bits per heavy atom. The molecule has 0 nitrogen and oxygen atoms in total. The molecular formula is C45H30. The van der Waals surface area contributed by atoms with E-state index in [1.54, 1.807) is 0 Å². The predicted octanol–water partition coefficient (Wildman–Crippen LogP) is 12.5. The Balaban J connectivity index is 1.43. The first kappa shape index (κ1) is 24.9. The Bertz CT molecular complexity index is 2640. The van der Waals surface area contributed by atoms with Crippen molar-refractivity contribution in [2.24, 2.45) is 0 Å². The second kappa shape index (κ2) is 8.80. The van der Waals surface area contributed by atoms with Crippen molar-refractivity contribution < 1.29 is 0 Å². The maximum Gasteiger partial charge on any atom is 0.0159 e. The molecule has 0 radical (unpaired) electrons. The highest BCUT2D eigenvalue weighted by atomic mass is 14.4. The van der Waals surface area contributed by atoms with E-state index in [0.29, 0.717) is 0 Å². The smallest absolute Gasteiger partial charge is 0.0159 e. The largest absolute Gasteiger partial charge is 0.0622 e. The Labute approximate surface area is 262 Å². The van der Waals surface area contributed by atoms with Crippen molar-refractivity contribution in [3.05, 3.63) is 157 Å². The molecule has 0 heterocycles. The molecule has 0 saturated heterocycles. The van der Waals surface area contributed by atoms with E-state index in [9.17, 15) is 0 Å². The van der Waals surface area contributed by atoms with E-state index in [2.05, 4.69) is 159 Å². The highest BCUT2D eigenvalue weighted by Crippen LogP contribution is 2.54. The van der Waals surface area contributed by atoms with E-state index in [1.807, 2.05) is 0 Å². The third kappa shape index (κ3) is 3.27. The fourth-order valence-electron chi connectivity index (χ4n) is 8.53. The van der Waals surface area contributed by atoms with E-state index in [4.69, 9.17) is 0 Å². The van der Waals surface area contributed by atoms with Crippen molar-refractivity contribution in [3.63, 3.8) is 0 Å². The minimum absolute atomic E-state index is 0.0765. The first-order valence-electron chi connectivity index (χ1n) is 15.9. The van der Waals surface area contributed by atoms with Crippen molar-refractivity contribution in [1.29, 1.82) is 0 Å². The molecular weight excluding hydrogens is 540 g/mol. The van der Waals surface area contributed by atoms with Gasteiger partial charge in [-0.1, -0.05) is 147 Å². The molecule has 10 rings (SSSR count). The first-order chi connectivity index (χ1) is 22.1. The second-order valence-electron chi connectivity index (χ2n) is 13.2. The molecule has 210 valence electrons. The Kier molecular flexibility index (Phi) is 4.88. The lowest BCUT2D eigenvalue weighted by Crippen LogP contribution is -2.14. The van der Waals surface area contributed by atoms with Crippen LogP contribution in [0.3, 0.4) is 0 Å². The number of fused-ring (bicyclic) bond motifs is 5. The molecule has 0 N–H and O–H groups in total. The summed E-state index contributed by atoms with van der Waals surface area (Å²) in [6.45, 7) is 4.77. The lowest BCUT2D eigenvalue weighted by molar-refractivity contribution is 0.661. The van der Waals surface area contributed by atoms with Crippen LogP contribution < -0.4 is 0 Å². The zero-order valence-electron chi connectivity index (χ0n) is 25.4. The van der Waals surface area contributed by atoms with Gasteiger partial charge in [0.25, 0.3) is 0 Å². The highest BCUT2D eigenvalue weighted by molar-refractivity contribution is 6.29. The van der Waals surface area contributed by atoms with Gasteiger partial charge in [0.15, 0.2) is 0 Å². The van der Waals surface area contributed by atoms with Gasteiger partial charge in [-0.05, 0) is 111 Å². The number of hydrogen-bond donors (Lipinski definition) is 0. The molecule has 0 bridgehead atoms. The molecule has 0 aromatic heterocycles. The molecule has 9 aromatic rings. The Hall–Kier alpha value is -5.46. The van der Waals surface area contributed by atoms with Crippen LogP contribution in [0.1, 0.15) is 25.0 Å². The van der Waals surface area contributed by atoms with Crippen LogP contribution in [0.25, 0.3) is 87.2 Å². The van der Waals surface area contributed by atoms with Gasteiger partial charge in [-0.2, -0.15) is 0 Å². The quantitative estimate of drug-likeness (QED) is 0.143. The van der Waals surface area contributed by atoms with Gasteiger partial charge in [0.05, 0.1) is 0 Å². The monoisotopic (exact) mass is 570 g/mol. The van der Waals surface area contributed by atoms with Gasteiger partial charge in [0.1, 0.15) is 0 Å². The maximum atomic E-state index is 2.53. The van der Waals surface area contributed by atoms with Gasteiger partial charge < -0.3 is 0 Å². The SMILES string of the molecule is CC1(C)c2ccccc2-c2cc3c(-c4ccc5ccc6cccc7ccc4c5c67)c4ccccc4c(-c4ccccc4)c3cc21. The van der Waals surface area contributed by atoms with E-state index in [0.717, 1.165) is 0 Å². The number of hydrogen-bond acceptors (Lipinski definition) is 0. The van der Waals surface area contributed by atoms with E-state index in [1.165, 1.54) is 98.4 Å². The van der Waals surface area contributed by atoms with Crippen LogP contribution in [-0.4, -0.2) is 0 Å². The molecule has 0 saturated carbocycles. The molecule has 1 aliphatic rings. The lowest BCUT2D eigenvalue weighted by Gasteiger charge is -2.24. The Morgan fingerprint density at radius 3 is 1.78 bits per heavy atom. The zero-order valence-corrected chi connectivity index (χ0v) is 25.4. The van der Waals surface area contributed by atoms with Crippen LogP contribution in [0.4, 0.5) is 0 Å². The maximum absolute atomic E-state index is 2.53. The molecule has 0 atom stereocenters. The van der Waals surface area contributed by atoms with Crippen molar-refractivity contribution in [1.82, 2.24) is 0 Å². The van der Waals surface area contributed by atoms with E-state index >= 15 is 0 Å². The summed E-state index contributed by atoms with van der Waals surface area (Å²) in [5.41, 5.74) is 10.6. The van der Waals surface area contributed by atoms with Crippen LogP contribution in [0.5, 0.6) is 0 Å². The van der Waals surface area contributed by atoms with Gasteiger partial charge >= 0.3 is 0 Å². The van der Waals surface area contributed by atoms with Gasteiger partial charge in [0, 0.05) is 5.41 Å². The van der Waals surface area contributed by atoms with Gasteiger partial charge in [-0.25, -0.2) is 0 Å². The molecule has 45 heavy (non-hydrogen) atoms. The van der Waals surface area contributed by atoms with Crippen LogP contribution in [-0.2, 0) is 5.41 Å². The minimum atomic E-state index is -0.0765. The predicted molar refractivity (Wildman–Crippen MR) is 194 cm³/mol. The lowest BCUT2D eigenvalue weighted by atomic mass is 9.79. The highest BCUT2D eigenvalue weighted by Gasteiger charge is 2.36.